The average molecular weight is 170 g/mol. The van der Waals surface area contributed by atoms with Crippen molar-refractivity contribution < 1.29 is 9.90 Å². The van der Waals surface area contributed by atoms with Crippen LogP contribution in [0.2, 0.25) is 0 Å². The Hall–Kier alpha value is -1.08. The number of carbonyl (C=O) groups is 1. The second-order valence-corrected chi connectivity index (χ2v) is 2.95. The van der Waals surface area contributed by atoms with Gasteiger partial charge < -0.3 is 10.8 Å². The Morgan fingerprint density at radius 2 is 1.75 bits per heavy atom. The van der Waals surface area contributed by atoms with Crippen molar-refractivity contribution in [2.45, 2.75) is 31.7 Å². The van der Waals surface area contributed by atoms with E-state index in [1.54, 1.807) is 0 Å². The quantitative estimate of drug-likeness (QED) is 0.607. The van der Waals surface area contributed by atoms with Crippen LogP contribution in [0.25, 0.3) is 0 Å². The molecule has 12 heavy (non-hydrogen) atoms. The van der Waals surface area contributed by atoms with Gasteiger partial charge in [0.15, 0.2) is 0 Å². The molecule has 1 aliphatic carbocycles. The van der Waals surface area contributed by atoms with Crippen LogP contribution in [0.4, 0.5) is 0 Å². The summed E-state index contributed by atoms with van der Waals surface area (Å²) >= 11 is 0. The molecule has 0 bridgehead atoms. The first kappa shape index (κ1) is 10.9. The predicted molar refractivity (Wildman–Crippen MR) is 44.2 cm³/mol. The molecule has 1 aliphatic rings. The molecule has 0 heterocycles. The van der Waals surface area contributed by atoms with Gasteiger partial charge in [-0.3, -0.25) is 4.79 Å². The number of nitrogens with two attached hydrogens (primary N) is 1. The van der Waals surface area contributed by atoms with Crippen LogP contribution in [0, 0.1) is 17.8 Å². The highest BCUT2D eigenvalue weighted by atomic mass is 16.4. The molecule has 0 amide bonds. The van der Waals surface area contributed by atoms with Crippen molar-refractivity contribution in [1.82, 2.24) is 0 Å². The maximum absolute atomic E-state index is 10.4. The Morgan fingerprint density at radius 1 is 1.33 bits per heavy atom. The third-order valence-electron chi connectivity index (χ3n) is 2.12. The zero-order valence-electron chi connectivity index (χ0n) is 6.94. The first-order valence-corrected chi connectivity index (χ1v) is 3.94. The van der Waals surface area contributed by atoms with E-state index < -0.39 is 5.97 Å². The lowest BCUT2D eigenvalue weighted by molar-refractivity contribution is -0.142. The van der Waals surface area contributed by atoms with Gasteiger partial charge in [-0.1, -0.05) is 0 Å². The third kappa shape index (κ3) is 3.35. The molecule has 0 aliphatic heterocycles. The van der Waals surface area contributed by atoms with Crippen LogP contribution in [0.1, 0.15) is 25.7 Å². The Bertz CT molecular complexity index is 160. The van der Waals surface area contributed by atoms with E-state index in [1.807, 2.05) is 0 Å². The van der Waals surface area contributed by atoms with E-state index in [4.69, 9.17) is 16.1 Å². The van der Waals surface area contributed by atoms with Gasteiger partial charge in [0.05, 0.1) is 5.92 Å². The molecule has 3 N–H and O–H groups in total. The summed E-state index contributed by atoms with van der Waals surface area (Å²) in [7, 11) is 0. The van der Waals surface area contributed by atoms with Crippen molar-refractivity contribution in [2.75, 3.05) is 0 Å². The zero-order valence-corrected chi connectivity index (χ0v) is 6.94. The van der Waals surface area contributed by atoms with Crippen molar-refractivity contribution in [3.8, 4) is 6.57 Å². The number of hydrogen-bond acceptors (Lipinski definition) is 3. The smallest absolute Gasteiger partial charge is 0.306 e. The molecular formula is C8H14N2O2. The number of nitriles is 1. The maximum atomic E-state index is 10.4. The minimum Gasteiger partial charge on any atom is -0.481 e. The summed E-state index contributed by atoms with van der Waals surface area (Å²) in [5, 5.41) is 15.1. The first-order valence-electron chi connectivity index (χ1n) is 3.94. The zero-order chi connectivity index (χ0) is 9.56. The molecule has 0 aromatic carbocycles. The van der Waals surface area contributed by atoms with Gasteiger partial charge in [-0.15, -0.1) is 0 Å². The normalized spacial score (nSPS) is 28.2. The number of carboxylic acids is 1. The van der Waals surface area contributed by atoms with Crippen molar-refractivity contribution >= 4 is 5.97 Å². The van der Waals surface area contributed by atoms with Gasteiger partial charge in [-0.2, -0.15) is 0 Å². The van der Waals surface area contributed by atoms with E-state index in [9.17, 15) is 4.79 Å². The number of carboxylic acid groups (broad SMARTS) is 1. The van der Waals surface area contributed by atoms with E-state index in [0.29, 0.717) is 0 Å². The van der Waals surface area contributed by atoms with Crippen LogP contribution >= 0.6 is 0 Å². The van der Waals surface area contributed by atoms with E-state index in [-0.39, 0.29) is 12.0 Å². The fraction of sp³-hybridized carbons (Fsp3) is 0.750. The summed E-state index contributed by atoms with van der Waals surface area (Å²) in [4.78, 5) is 10.4. The SMILES string of the molecule is C#N.NC1CCC(C(=O)O)CC1. The lowest BCUT2D eigenvalue weighted by Gasteiger charge is -2.22. The van der Waals surface area contributed by atoms with Crippen LogP contribution < -0.4 is 5.73 Å². The van der Waals surface area contributed by atoms with Crippen LogP contribution in [0.15, 0.2) is 0 Å². The molecular weight excluding hydrogens is 156 g/mol. The Balaban J connectivity index is 0.000000561. The third-order valence-corrected chi connectivity index (χ3v) is 2.12. The van der Waals surface area contributed by atoms with Crippen molar-refractivity contribution in [1.29, 1.82) is 5.26 Å². The van der Waals surface area contributed by atoms with Gasteiger partial charge in [0, 0.05) is 12.6 Å². The molecule has 1 fully saturated rings. The van der Waals surface area contributed by atoms with E-state index >= 15 is 0 Å². The van der Waals surface area contributed by atoms with Crippen molar-refractivity contribution in [2.24, 2.45) is 11.7 Å². The second-order valence-electron chi connectivity index (χ2n) is 2.95. The molecule has 4 nitrogen and oxygen atoms in total. The number of hydrogen-bond donors (Lipinski definition) is 2. The summed E-state index contributed by atoms with van der Waals surface area (Å²) in [6.07, 6.45) is 3.26. The highest BCUT2D eigenvalue weighted by Crippen LogP contribution is 2.22. The van der Waals surface area contributed by atoms with Crippen LogP contribution in [-0.2, 0) is 4.79 Å². The van der Waals surface area contributed by atoms with Crippen molar-refractivity contribution in [3.63, 3.8) is 0 Å². The van der Waals surface area contributed by atoms with Gasteiger partial charge in [0.1, 0.15) is 0 Å². The van der Waals surface area contributed by atoms with E-state index in [1.165, 1.54) is 0 Å². The van der Waals surface area contributed by atoms with Gasteiger partial charge in [-0.25, -0.2) is 5.26 Å². The van der Waals surface area contributed by atoms with Gasteiger partial charge in [0.25, 0.3) is 0 Å². The average Bonchev–Trinajstić information content (AvgIpc) is 2.09. The largest absolute Gasteiger partial charge is 0.481 e. The first-order chi connectivity index (χ1) is 5.70. The van der Waals surface area contributed by atoms with Crippen molar-refractivity contribution in [3.05, 3.63) is 0 Å². The molecule has 0 atom stereocenters. The minimum atomic E-state index is -0.660. The predicted octanol–water partition coefficient (Wildman–Crippen LogP) is 0.728. The van der Waals surface area contributed by atoms with E-state index in [0.717, 1.165) is 25.7 Å². The molecule has 0 radical (unpaired) electrons. The highest BCUT2D eigenvalue weighted by molar-refractivity contribution is 5.70. The van der Waals surface area contributed by atoms with Gasteiger partial charge in [-0.05, 0) is 25.7 Å². The summed E-state index contributed by atoms with van der Waals surface area (Å²) in [5.41, 5.74) is 5.60. The number of aliphatic carboxylic acids is 1. The molecule has 0 unspecified atom stereocenters. The molecule has 1 rings (SSSR count). The van der Waals surface area contributed by atoms with Gasteiger partial charge in [0.2, 0.25) is 0 Å². The fourth-order valence-corrected chi connectivity index (χ4v) is 1.37. The van der Waals surface area contributed by atoms with E-state index in [2.05, 4.69) is 6.57 Å². The van der Waals surface area contributed by atoms with Crippen LogP contribution in [-0.4, -0.2) is 17.1 Å². The molecule has 68 valence electrons. The maximum Gasteiger partial charge on any atom is 0.306 e. The Labute approximate surface area is 72.0 Å². The summed E-state index contributed by atoms with van der Waals surface area (Å²) in [6, 6.07) is 0.246. The van der Waals surface area contributed by atoms with Crippen LogP contribution in [0.3, 0.4) is 0 Å². The fourth-order valence-electron chi connectivity index (χ4n) is 1.37. The molecule has 0 aromatic rings. The minimum absolute atomic E-state index is 0.125. The molecule has 0 aromatic heterocycles. The molecule has 0 saturated heterocycles. The second kappa shape index (κ2) is 5.56. The molecule has 1 saturated carbocycles. The van der Waals surface area contributed by atoms with Gasteiger partial charge >= 0.3 is 5.97 Å². The number of rotatable bonds is 1. The molecule has 4 heteroatoms. The topological polar surface area (TPSA) is 87.1 Å². The monoisotopic (exact) mass is 170 g/mol. The number of nitrogens with zero attached hydrogens (tertiary/aromatic N) is 1. The summed E-state index contributed by atoms with van der Waals surface area (Å²) < 4.78 is 0. The lowest BCUT2D eigenvalue weighted by atomic mass is 9.87. The lowest BCUT2D eigenvalue weighted by Crippen LogP contribution is -2.29. The summed E-state index contributed by atoms with van der Waals surface area (Å²) in [6.45, 7) is 3.50. The van der Waals surface area contributed by atoms with Crippen LogP contribution in [0.5, 0.6) is 0 Å². The Kier molecular flexibility index (Phi) is 5.06. The Morgan fingerprint density at radius 3 is 2.08 bits per heavy atom. The summed E-state index contributed by atoms with van der Waals surface area (Å²) in [5.74, 6) is -0.785. The highest BCUT2D eigenvalue weighted by Gasteiger charge is 2.23. The molecule has 0 spiro atoms. The standard InChI is InChI=1S/C7H13NO2.CHN/c8-6-3-1-5(2-4-6)7(9)10;1-2/h5-6H,1-4,8H2,(H,9,10);1H.